The van der Waals surface area contributed by atoms with Gasteiger partial charge in [0, 0.05) is 18.2 Å². The molecule has 2 N–H and O–H groups in total. The van der Waals surface area contributed by atoms with Crippen molar-refractivity contribution in [3.8, 4) is 5.75 Å². The second-order valence-corrected chi connectivity index (χ2v) is 5.30. The molecule has 0 radical (unpaired) electrons. The van der Waals surface area contributed by atoms with Crippen LogP contribution in [0, 0.1) is 6.92 Å². The van der Waals surface area contributed by atoms with E-state index in [-0.39, 0.29) is 18.6 Å². The second-order valence-electron chi connectivity index (χ2n) is 5.30. The Hall–Kier alpha value is -1.55. The van der Waals surface area contributed by atoms with E-state index in [1.807, 2.05) is 26.0 Å². The molecule has 112 valence electrons. The molecule has 1 rings (SSSR count). The van der Waals surface area contributed by atoms with Crippen molar-refractivity contribution in [3.63, 3.8) is 0 Å². The Labute approximate surface area is 121 Å². The van der Waals surface area contributed by atoms with Crippen molar-refractivity contribution in [3.05, 3.63) is 29.3 Å². The van der Waals surface area contributed by atoms with E-state index in [9.17, 15) is 4.79 Å². The summed E-state index contributed by atoms with van der Waals surface area (Å²) in [6.07, 6.45) is 1.10. The second kappa shape index (κ2) is 8.59. The maximum absolute atomic E-state index is 11.6. The van der Waals surface area contributed by atoms with Crippen LogP contribution in [0.15, 0.2) is 18.2 Å². The van der Waals surface area contributed by atoms with Crippen molar-refractivity contribution >= 4 is 5.91 Å². The highest BCUT2D eigenvalue weighted by Gasteiger charge is 2.08. The average molecular weight is 278 g/mol. The van der Waals surface area contributed by atoms with Crippen LogP contribution in [0.5, 0.6) is 5.75 Å². The Kier molecular flexibility index (Phi) is 7.09. The molecule has 0 spiro atoms. The predicted octanol–water partition coefficient (Wildman–Crippen LogP) is 2.40. The number of carbonyl (C=O) groups excluding carboxylic acids is 1. The van der Waals surface area contributed by atoms with E-state index in [0.29, 0.717) is 0 Å². The number of amides is 1. The molecule has 0 heterocycles. The fraction of sp³-hybridized carbons (Fsp3) is 0.562. The van der Waals surface area contributed by atoms with Crippen LogP contribution in [0.25, 0.3) is 0 Å². The standard InChI is InChI=1S/C16H26N2O2/c1-5-8-17-10-14-9-13(4)6-7-15(14)20-11-16(19)18-12(2)3/h6-7,9,12,17H,5,8,10-11H2,1-4H3,(H,18,19). The minimum atomic E-state index is -0.0898. The SMILES string of the molecule is CCCNCc1cc(C)ccc1OCC(=O)NC(C)C. The van der Waals surface area contributed by atoms with Gasteiger partial charge in [-0.3, -0.25) is 4.79 Å². The van der Waals surface area contributed by atoms with E-state index in [4.69, 9.17) is 4.74 Å². The van der Waals surface area contributed by atoms with E-state index in [0.717, 1.165) is 30.8 Å². The van der Waals surface area contributed by atoms with Crippen molar-refractivity contribution in [2.75, 3.05) is 13.2 Å². The molecule has 1 amide bonds. The van der Waals surface area contributed by atoms with Crippen molar-refractivity contribution in [1.82, 2.24) is 10.6 Å². The third-order valence-electron chi connectivity index (χ3n) is 2.77. The lowest BCUT2D eigenvalue weighted by Crippen LogP contribution is -2.34. The quantitative estimate of drug-likeness (QED) is 0.718. The summed E-state index contributed by atoms with van der Waals surface area (Å²) in [5.41, 5.74) is 2.29. The molecule has 0 unspecified atom stereocenters. The topological polar surface area (TPSA) is 50.4 Å². The molecule has 0 aliphatic rings. The normalized spacial score (nSPS) is 10.7. The first-order valence-corrected chi connectivity index (χ1v) is 7.25. The number of carbonyl (C=O) groups is 1. The van der Waals surface area contributed by atoms with Crippen LogP contribution in [0.3, 0.4) is 0 Å². The van der Waals surface area contributed by atoms with Gasteiger partial charge in [-0.15, -0.1) is 0 Å². The molecule has 0 saturated carbocycles. The fourth-order valence-electron chi connectivity index (χ4n) is 1.89. The first-order chi connectivity index (χ1) is 9.52. The van der Waals surface area contributed by atoms with Crippen LogP contribution in [0.2, 0.25) is 0 Å². The van der Waals surface area contributed by atoms with Gasteiger partial charge < -0.3 is 15.4 Å². The highest BCUT2D eigenvalue weighted by atomic mass is 16.5. The van der Waals surface area contributed by atoms with E-state index in [1.54, 1.807) is 0 Å². The van der Waals surface area contributed by atoms with Gasteiger partial charge in [-0.2, -0.15) is 0 Å². The molecule has 4 nitrogen and oxygen atoms in total. The lowest BCUT2D eigenvalue weighted by molar-refractivity contribution is -0.123. The molecule has 0 aliphatic carbocycles. The zero-order chi connectivity index (χ0) is 15.0. The molecule has 4 heteroatoms. The first-order valence-electron chi connectivity index (χ1n) is 7.25. The summed E-state index contributed by atoms with van der Waals surface area (Å²) in [5, 5.41) is 6.17. The zero-order valence-electron chi connectivity index (χ0n) is 13.0. The maximum atomic E-state index is 11.6. The van der Waals surface area contributed by atoms with Gasteiger partial charge in [0.2, 0.25) is 0 Å². The number of aryl methyl sites for hydroxylation is 1. The van der Waals surface area contributed by atoms with Crippen molar-refractivity contribution < 1.29 is 9.53 Å². The monoisotopic (exact) mass is 278 g/mol. The number of hydrogen-bond donors (Lipinski definition) is 2. The summed E-state index contributed by atoms with van der Waals surface area (Å²) in [5.74, 6) is 0.686. The summed E-state index contributed by atoms with van der Waals surface area (Å²) in [7, 11) is 0. The van der Waals surface area contributed by atoms with E-state index in [1.165, 1.54) is 5.56 Å². The Morgan fingerprint density at radius 3 is 2.75 bits per heavy atom. The van der Waals surface area contributed by atoms with E-state index < -0.39 is 0 Å². The van der Waals surface area contributed by atoms with E-state index >= 15 is 0 Å². The molecule has 1 aromatic carbocycles. The van der Waals surface area contributed by atoms with Crippen LogP contribution in [-0.2, 0) is 11.3 Å². The largest absolute Gasteiger partial charge is 0.483 e. The number of rotatable bonds is 8. The van der Waals surface area contributed by atoms with Gasteiger partial charge >= 0.3 is 0 Å². The van der Waals surface area contributed by atoms with E-state index in [2.05, 4.69) is 30.5 Å². The van der Waals surface area contributed by atoms with Gasteiger partial charge in [-0.1, -0.05) is 24.6 Å². The molecule has 0 fully saturated rings. The number of benzene rings is 1. The third kappa shape index (κ3) is 6.06. The molecular formula is C16H26N2O2. The van der Waals surface area contributed by atoms with Gasteiger partial charge in [-0.25, -0.2) is 0 Å². The molecule has 0 aromatic heterocycles. The van der Waals surface area contributed by atoms with Crippen LogP contribution >= 0.6 is 0 Å². The number of ether oxygens (including phenoxy) is 1. The fourth-order valence-corrected chi connectivity index (χ4v) is 1.89. The molecule has 0 atom stereocenters. The molecule has 0 bridgehead atoms. The smallest absolute Gasteiger partial charge is 0.258 e. The summed E-state index contributed by atoms with van der Waals surface area (Å²) in [6, 6.07) is 6.16. The third-order valence-corrected chi connectivity index (χ3v) is 2.77. The summed E-state index contributed by atoms with van der Waals surface area (Å²) < 4.78 is 5.63. The Morgan fingerprint density at radius 1 is 1.35 bits per heavy atom. The van der Waals surface area contributed by atoms with Crippen molar-refractivity contribution in [2.45, 2.75) is 46.7 Å². The number of hydrogen-bond acceptors (Lipinski definition) is 3. The Balaban J connectivity index is 2.61. The van der Waals surface area contributed by atoms with Gasteiger partial charge in [-0.05, 0) is 39.8 Å². The molecule has 1 aromatic rings. The van der Waals surface area contributed by atoms with Gasteiger partial charge in [0.1, 0.15) is 5.75 Å². The average Bonchev–Trinajstić information content (AvgIpc) is 2.37. The van der Waals surface area contributed by atoms with Crippen molar-refractivity contribution in [1.29, 1.82) is 0 Å². The predicted molar refractivity (Wildman–Crippen MR) is 82.0 cm³/mol. The highest BCUT2D eigenvalue weighted by molar-refractivity contribution is 5.77. The lowest BCUT2D eigenvalue weighted by Gasteiger charge is -2.14. The Morgan fingerprint density at radius 2 is 2.10 bits per heavy atom. The minimum absolute atomic E-state index is 0.0576. The van der Waals surface area contributed by atoms with Crippen LogP contribution in [0.1, 0.15) is 38.3 Å². The van der Waals surface area contributed by atoms with Crippen LogP contribution < -0.4 is 15.4 Å². The molecular weight excluding hydrogens is 252 g/mol. The zero-order valence-corrected chi connectivity index (χ0v) is 13.0. The Bertz CT molecular complexity index is 430. The van der Waals surface area contributed by atoms with Crippen LogP contribution in [-0.4, -0.2) is 25.1 Å². The number of nitrogens with one attached hydrogen (secondary N) is 2. The van der Waals surface area contributed by atoms with Crippen molar-refractivity contribution in [2.24, 2.45) is 0 Å². The van der Waals surface area contributed by atoms with Crippen LogP contribution in [0.4, 0.5) is 0 Å². The summed E-state index contributed by atoms with van der Waals surface area (Å²) in [6.45, 7) is 9.85. The van der Waals surface area contributed by atoms with Gasteiger partial charge in [0.15, 0.2) is 6.61 Å². The highest BCUT2D eigenvalue weighted by Crippen LogP contribution is 2.20. The van der Waals surface area contributed by atoms with Gasteiger partial charge in [0.05, 0.1) is 0 Å². The molecule has 20 heavy (non-hydrogen) atoms. The first kappa shape index (κ1) is 16.5. The van der Waals surface area contributed by atoms with Gasteiger partial charge in [0.25, 0.3) is 5.91 Å². The summed E-state index contributed by atoms with van der Waals surface area (Å²) >= 11 is 0. The molecule has 0 aliphatic heterocycles. The maximum Gasteiger partial charge on any atom is 0.258 e. The lowest BCUT2D eigenvalue weighted by atomic mass is 10.1. The molecule has 0 saturated heterocycles. The minimum Gasteiger partial charge on any atom is -0.483 e. The summed E-state index contributed by atoms with van der Waals surface area (Å²) in [4.78, 5) is 11.6.